The summed E-state index contributed by atoms with van der Waals surface area (Å²) in [7, 11) is 0. The zero-order chi connectivity index (χ0) is 20.3. The van der Waals surface area contributed by atoms with Crippen LogP contribution in [0.1, 0.15) is 16.1 Å². The van der Waals surface area contributed by atoms with Gasteiger partial charge in [0, 0.05) is 23.7 Å². The van der Waals surface area contributed by atoms with Crippen LogP contribution in [-0.2, 0) is 6.54 Å². The maximum atomic E-state index is 13.8. The van der Waals surface area contributed by atoms with Crippen LogP contribution < -0.4 is 5.32 Å². The quantitative estimate of drug-likeness (QED) is 0.345. The lowest BCUT2D eigenvalue weighted by Gasteiger charge is -2.11. The van der Waals surface area contributed by atoms with E-state index in [2.05, 4.69) is 15.3 Å². The number of halogens is 3. The number of anilines is 1. The van der Waals surface area contributed by atoms with Crippen molar-refractivity contribution in [2.75, 3.05) is 5.32 Å². The van der Waals surface area contributed by atoms with Gasteiger partial charge in [-0.1, -0.05) is 41.4 Å². The number of hydrogen-bond acceptors (Lipinski definition) is 6. The maximum absolute atomic E-state index is 13.8. The van der Waals surface area contributed by atoms with Gasteiger partial charge in [-0.05, 0) is 18.2 Å². The molecule has 3 rings (SSSR count). The van der Waals surface area contributed by atoms with Crippen molar-refractivity contribution >= 4 is 41.0 Å². The molecule has 10 heteroatoms. The number of nitro groups is 1. The van der Waals surface area contributed by atoms with Crippen LogP contribution >= 0.6 is 23.2 Å². The van der Waals surface area contributed by atoms with Gasteiger partial charge in [0.25, 0.3) is 5.69 Å². The lowest BCUT2D eigenvalue weighted by atomic mass is 10.2. The summed E-state index contributed by atoms with van der Waals surface area (Å²) in [6, 6.07) is 10.1. The molecule has 0 fully saturated rings. The Morgan fingerprint density at radius 3 is 2.61 bits per heavy atom. The Labute approximate surface area is 168 Å². The van der Waals surface area contributed by atoms with Crippen molar-refractivity contribution < 1.29 is 14.1 Å². The van der Waals surface area contributed by atoms with Crippen molar-refractivity contribution in [1.82, 2.24) is 9.97 Å². The summed E-state index contributed by atoms with van der Waals surface area (Å²) in [6.07, 6.45) is 0.440. The molecule has 0 bridgehead atoms. The number of hydrogen-bond donors (Lipinski definition) is 1. The third-order valence-electron chi connectivity index (χ3n) is 3.80. The first kappa shape index (κ1) is 19.7. The molecule has 2 aromatic carbocycles. The predicted molar refractivity (Wildman–Crippen MR) is 103 cm³/mol. The van der Waals surface area contributed by atoms with Gasteiger partial charge in [-0.2, -0.15) is 0 Å². The largest absolute Gasteiger partial charge is 0.364 e. The lowest BCUT2D eigenvalue weighted by molar-refractivity contribution is -0.385. The van der Waals surface area contributed by atoms with Crippen LogP contribution in [0, 0.1) is 15.9 Å². The Morgan fingerprint density at radius 2 is 1.93 bits per heavy atom. The summed E-state index contributed by atoms with van der Waals surface area (Å²) in [5, 5.41) is 13.9. The first-order chi connectivity index (χ1) is 13.4. The molecule has 0 aliphatic heterocycles. The zero-order valence-corrected chi connectivity index (χ0v) is 15.5. The average molecular weight is 421 g/mol. The highest BCUT2D eigenvalue weighted by Gasteiger charge is 2.17. The normalized spacial score (nSPS) is 10.5. The number of nitrogens with zero attached hydrogens (tertiary/aromatic N) is 3. The second-order valence-electron chi connectivity index (χ2n) is 5.58. The zero-order valence-electron chi connectivity index (χ0n) is 14.0. The first-order valence-corrected chi connectivity index (χ1v) is 8.60. The van der Waals surface area contributed by atoms with E-state index in [-0.39, 0.29) is 45.2 Å². The van der Waals surface area contributed by atoms with Gasteiger partial charge in [0.05, 0.1) is 9.95 Å². The molecule has 0 atom stereocenters. The molecule has 0 radical (unpaired) electrons. The van der Waals surface area contributed by atoms with E-state index in [4.69, 9.17) is 23.2 Å². The molecular weight excluding hydrogens is 410 g/mol. The minimum Gasteiger partial charge on any atom is -0.364 e. The van der Waals surface area contributed by atoms with E-state index >= 15 is 0 Å². The highest BCUT2D eigenvalue weighted by atomic mass is 35.5. The summed E-state index contributed by atoms with van der Waals surface area (Å²) in [4.78, 5) is 30.2. The van der Waals surface area contributed by atoms with Crippen molar-refractivity contribution in [3.63, 3.8) is 0 Å². The fraction of sp³-hybridized carbons (Fsp3) is 0.0556. The van der Waals surface area contributed by atoms with E-state index in [1.165, 1.54) is 18.2 Å². The summed E-state index contributed by atoms with van der Waals surface area (Å²) in [5.74, 6) is -0.533. The molecule has 0 amide bonds. The Bertz CT molecular complexity index is 1080. The van der Waals surface area contributed by atoms with Crippen molar-refractivity contribution in [3.05, 3.63) is 79.7 Å². The Balaban J connectivity index is 1.98. The van der Waals surface area contributed by atoms with Gasteiger partial charge in [0.1, 0.15) is 22.4 Å². The summed E-state index contributed by atoms with van der Waals surface area (Å²) in [6.45, 7) is 0.0284. The monoisotopic (exact) mass is 420 g/mol. The Morgan fingerprint density at radius 1 is 1.18 bits per heavy atom. The fourth-order valence-corrected chi connectivity index (χ4v) is 2.75. The Kier molecular flexibility index (Phi) is 5.81. The van der Waals surface area contributed by atoms with Crippen LogP contribution in [0.4, 0.5) is 15.9 Å². The van der Waals surface area contributed by atoms with E-state index in [1.807, 2.05) is 0 Å². The molecule has 0 spiro atoms. The molecule has 1 aromatic heterocycles. The predicted octanol–water partition coefficient (Wildman–Crippen LogP) is 4.92. The third kappa shape index (κ3) is 4.08. The van der Waals surface area contributed by atoms with Gasteiger partial charge in [0.2, 0.25) is 0 Å². The van der Waals surface area contributed by atoms with E-state index < -0.39 is 10.7 Å². The van der Waals surface area contributed by atoms with Crippen molar-refractivity contribution in [3.8, 4) is 11.4 Å². The molecule has 0 saturated heterocycles. The molecule has 1 N–H and O–H groups in total. The number of rotatable bonds is 6. The third-order valence-corrected chi connectivity index (χ3v) is 4.48. The Hall–Kier alpha value is -3.10. The van der Waals surface area contributed by atoms with Crippen LogP contribution in [0.25, 0.3) is 11.4 Å². The topological polar surface area (TPSA) is 98.0 Å². The smallest absolute Gasteiger partial charge is 0.274 e. The van der Waals surface area contributed by atoms with Crippen molar-refractivity contribution in [1.29, 1.82) is 0 Å². The van der Waals surface area contributed by atoms with E-state index in [0.29, 0.717) is 11.8 Å². The van der Waals surface area contributed by atoms with Gasteiger partial charge < -0.3 is 5.32 Å². The fourth-order valence-electron chi connectivity index (χ4n) is 2.44. The molecular formula is C18H11Cl2FN4O3. The number of benzene rings is 2. The lowest BCUT2D eigenvalue weighted by Crippen LogP contribution is -2.08. The molecule has 0 aliphatic carbocycles. The minimum atomic E-state index is -0.667. The van der Waals surface area contributed by atoms with Crippen LogP contribution in [0.15, 0.2) is 42.5 Å². The molecule has 28 heavy (non-hydrogen) atoms. The molecule has 0 aliphatic rings. The molecule has 0 saturated carbocycles. The average Bonchev–Trinajstić information content (AvgIpc) is 2.69. The molecule has 0 unspecified atom stereocenters. The van der Waals surface area contributed by atoms with Gasteiger partial charge >= 0.3 is 0 Å². The van der Waals surface area contributed by atoms with E-state index in [0.717, 1.165) is 6.07 Å². The summed E-state index contributed by atoms with van der Waals surface area (Å²) >= 11 is 11.8. The number of nitro benzene ring substituents is 1. The highest BCUT2D eigenvalue weighted by molar-refractivity contribution is 6.35. The van der Waals surface area contributed by atoms with Crippen LogP contribution in [-0.4, -0.2) is 21.2 Å². The number of carbonyl (C=O) groups is 1. The number of nitrogens with one attached hydrogen (secondary N) is 1. The van der Waals surface area contributed by atoms with Gasteiger partial charge in [-0.3, -0.25) is 14.9 Å². The molecule has 142 valence electrons. The number of carbonyl (C=O) groups excluding carboxylic acids is 1. The standard InChI is InChI=1S/C18H11Cl2FN4O3/c19-12-6-5-10(7-13(12)21)17-23-14(9-26)16(20)18(24-17)22-8-11-3-1-2-4-15(11)25(27)28/h1-7,9H,8H2,(H,22,23,24). The highest BCUT2D eigenvalue weighted by Crippen LogP contribution is 2.29. The summed E-state index contributed by atoms with van der Waals surface area (Å²) < 4.78 is 13.8. The number of aldehydes is 1. The van der Waals surface area contributed by atoms with Crippen molar-refractivity contribution in [2.24, 2.45) is 0 Å². The number of para-hydroxylation sites is 1. The van der Waals surface area contributed by atoms with E-state index in [1.54, 1.807) is 18.2 Å². The SMILES string of the molecule is O=Cc1nc(-c2ccc(Cl)c(F)c2)nc(NCc2ccccc2[N+](=O)[O-])c1Cl. The maximum Gasteiger partial charge on any atom is 0.274 e. The molecule has 3 aromatic rings. The van der Waals surface area contributed by atoms with Gasteiger partial charge in [0.15, 0.2) is 12.1 Å². The second kappa shape index (κ2) is 8.28. The van der Waals surface area contributed by atoms with E-state index in [9.17, 15) is 19.3 Å². The van der Waals surface area contributed by atoms with Gasteiger partial charge in [-0.15, -0.1) is 0 Å². The van der Waals surface area contributed by atoms with Crippen LogP contribution in [0.3, 0.4) is 0 Å². The first-order valence-electron chi connectivity index (χ1n) is 7.85. The molecule has 7 nitrogen and oxygen atoms in total. The summed E-state index contributed by atoms with van der Waals surface area (Å²) in [5.41, 5.74) is 0.507. The van der Waals surface area contributed by atoms with Crippen LogP contribution in [0.5, 0.6) is 0 Å². The van der Waals surface area contributed by atoms with Crippen LogP contribution in [0.2, 0.25) is 10.0 Å². The number of aromatic nitrogens is 2. The van der Waals surface area contributed by atoms with Gasteiger partial charge in [-0.25, -0.2) is 14.4 Å². The van der Waals surface area contributed by atoms with Crippen molar-refractivity contribution in [2.45, 2.75) is 6.54 Å². The molecule has 1 heterocycles. The second-order valence-corrected chi connectivity index (χ2v) is 6.37. The minimum absolute atomic E-state index is 0.0284.